The second-order valence-corrected chi connectivity index (χ2v) is 9.10. The molecule has 0 aliphatic carbocycles. The lowest BCUT2D eigenvalue weighted by Gasteiger charge is -2.12. The van der Waals surface area contributed by atoms with Crippen LogP contribution in [0.2, 0.25) is 0 Å². The van der Waals surface area contributed by atoms with Gasteiger partial charge in [-0.05, 0) is 88.1 Å². The van der Waals surface area contributed by atoms with Crippen LogP contribution in [0.15, 0.2) is 60.7 Å². The molecule has 2 amide bonds. The standard InChI is InChI=1S/C27H28F4N6O2/c1-37(2)14-4-3-13-32-25-34-22-12-10-20(16-24(22)35-25)39-19-8-6-18(7-9-19)33-26(38)36-23-15-17(27(29,30)31)5-11-21(23)28/h5-12,15-16H,3-4,13-14H2,1-2H3,(H2,32,34,35)(H2,33,36,38). The third kappa shape index (κ3) is 7.84. The minimum absolute atomic E-state index is 0.331. The van der Waals surface area contributed by atoms with Crippen molar-refractivity contribution < 1.29 is 27.1 Å². The number of imidazole rings is 1. The van der Waals surface area contributed by atoms with Crippen molar-refractivity contribution in [2.75, 3.05) is 43.1 Å². The zero-order chi connectivity index (χ0) is 28.0. The van der Waals surface area contributed by atoms with E-state index in [1.54, 1.807) is 30.3 Å². The Morgan fingerprint density at radius 2 is 1.72 bits per heavy atom. The fourth-order valence-electron chi connectivity index (χ4n) is 3.72. The van der Waals surface area contributed by atoms with Crippen molar-refractivity contribution in [2.45, 2.75) is 19.0 Å². The fourth-order valence-corrected chi connectivity index (χ4v) is 3.72. The van der Waals surface area contributed by atoms with Crippen molar-refractivity contribution in [2.24, 2.45) is 0 Å². The van der Waals surface area contributed by atoms with Crippen LogP contribution in [0.5, 0.6) is 11.5 Å². The first kappa shape index (κ1) is 27.7. The summed E-state index contributed by atoms with van der Waals surface area (Å²) in [4.78, 5) is 22.1. The number of urea groups is 1. The molecule has 0 aliphatic rings. The number of hydrogen-bond acceptors (Lipinski definition) is 5. The highest BCUT2D eigenvalue weighted by atomic mass is 19.4. The number of nitrogens with one attached hydrogen (secondary N) is 4. The maximum Gasteiger partial charge on any atom is 0.416 e. The van der Waals surface area contributed by atoms with E-state index in [2.05, 4.69) is 30.8 Å². The molecule has 0 fully saturated rings. The number of alkyl halides is 3. The lowest BCUT2D eigenvalue weighted by Crippen LogP contribution is -2.20. The maximum absolute atomic E-state index is 13.9. The van der Waals surface area contributed by atoms with E-state index in [1.807, 2.05) is 26.2 Å². The summed E-state index contributed by atoms with van der Waals surface area (Å²) < 4.78 is 58.4. The van der Waals surface area contributed by atoms with Crippen LogP contribution in [0.4, 0.5) is 39.7 Å². The van der Waals surface area contributed by atoms with Crippen LogP contribution < -0.4 is 20.7 Å². The molecule has 0 saturated carbocycles. The van der Waals surface area contributed by atoms with Gasteiger partial charge in [0, 0.05) is 18.3 Å². The Bertz CT molecular complexity index is 1420. The topological polar surface area (TPSA) is 94.3 Å². The molecule has 0 spiro atoms. The summed E-state index contributed by atoms with van der Waals surface area (Å²) in [6, 6.07) is 12.6. The number of H-pyrrole nitrogens is 1. The Labute approximate surface area is 222 Å². The van der Waals surface area contributed by atoms with E-state index in [4.69, 9.17) is 4.74 Å². The summed E-state index contributed by atoms with van der Waals surface area (Å²) in [6.45, 7) is 1.84. The zero-order valence-corrected chi connectivity index (χ0v) is 21.3. The molecule has 4 N–H and O–H groups in total. The Morgan fingerprint density at radius 1 is 0.974 bits per heavy atom. The van der Waals surface area contributed by atoms with Crippen molar-refractivity contribution in [3.8, 4) is 11.5 Å². The second-order valence-electron chi connectivity index (χ2n) is 9.10. The van der Waals surface area contributed by atoms with Gasteiger partial charge in [-0.1, -0.05) is 0 Å². The van der Waals surface area contributed by atoms with Gasteiger partial charge in [0.15, 0.2) is 0 Å². The van der Waals surface area contributed by atoms with Gasteiger partial charge in [0.1, 0.15) is 17.3 Å². The van der Waals surface area contributed by atoms with Crippen molar-refractivity contribution in [1.29, 1.82) is 0 Å². The van der Waals surface area contributed by atoms with Gasteiger partial charge in [-0.25, -0.2) is 14.2 Å². The molecule has 206 valence electrons. The molecular weight excluding hydrogens is 516 g/mol. The van der Waals surface area contributed by atoms with Gasteiger partial charge < -0.3 is 30.6 Å². The predicted octanol–water partition coefficient (Wildman–Crippen LogP) is 6.91. The minimum atomic E-state index is -4.66. The van der Waals surface area contributed by atoms with Gasteiger partial charge in [-0.15, -0.1) is 0 Å². The molecule has 0 radical (unpaired) electrons. The van der Waals surface area contributed by atoms with Gasteiger partial charge in [0.2, 0.25) is 5.95 Å². The highest BCUT2D eigenvalue weighted by molar-refractivity contribution is 5.99. The van der Waals surface area contributed by atoms with E-state index in [0.29, 0.717) is 41.3 Å². The molecule has 8 nitrogen and oxygen atoms in total. The van der Waals surface area contributed by atoms with Crippen LogP contribution in [0.3, 0.4) is 0 Å². The van der Waals surface area contributed by atoms with Crippen LogP contribution in [0, 0.1) is 5.82 Å². The molecular formula is C27H28F4N6O2. The summed E-state index contributed by atoms with van der Waals surface area (Å²) in [7, 11) is 4.10. The Morgan fingerprint density at radius 3 is 2.44 bits per heavy atom. The van der Waals surface area contributed by atoms with Crippen LogP contribution in [0.25, 0.3) is 11.0 Å². The molecule has 39 heavy (non-hydrogen) atoms. The number of halogens is 4. The number of aromatic amines is 1. The molecule has 12 heteroatoms. The van der Waals surface area contributed by atoms with E-state index < -0.39 is 29.3 Å². The number of nitrogens with zero attached hydrogens (tertiary/aromatic N) is 2. The van der Waals surface area contributed by atoms with Gasteiger partial charge in [0.25, 0.3) is 0 Å². The molecule has 4 rings (SSSR count). The normalized spacial score (nSPS) is 11.6. The largest absolute Gasteiger partial charge is 0.457 e. The van der Waals surface area contributed by atoms with Gasteiger partial charge in [0.05, 0.1) is 22.3 Å². The lowest BCUT2D eigenvalue weighted by atomic mass is 10.2. The number of carbonyl (C=O) groups is 1. The predicted molar refractivity (Wildman–Crippen MR) is 143 cm³/mol. The Balaban J connectivity index is 1.32. The average molecular weight is 545 g/mol. The Hall–Kier alpha value is -4.32. The number of benzene rings is 3. The summed E-state index contributed by atoms with van der Waals surface area (Å²) in [5.41, 5.74) is 0.273. The quantitative estimate of drug-likeness (QED) is 0.129. The molecule has 4 aromatic rings. The highest BCUT2D eigenvalue weighted by Crippen LogP contribution is 2.32. The molecule has 0 bridgehead atoms. The van der Waals surface area contributed by atoms with E-state index in [0.717, 1.165) is 37.0 Å². The number of ether oxygens (including phenoxy) is 1. The second kappa shape index (κ2) is 12.0. The van der Waals surface area contributed by atoms with Crippen LogP contribution >= 0.6 is 0 Å². The van der Waals surface area contributed by atoms with Crippen LogP contribution in [-0.2, 0) is 6.18 Å². The Kier molecular flexibility index (Phi) is 8.55. The van der Waals surface area contributed by atoms with E-state index in [9.17, 15) is 22.4 Å². The minimum Gasteiger partial charge on any atom is -0.457 e. The number of hydrogen-bond donors (Lipinski definition) is 4. The number of amides is 2. The number of anilines is 3. The third-order valence-corrected chi connectivity index (χ3v) is 5.67. The number of carbonyl (C=O) groups excluding carboxylic acids is 1. The molecule has 0 unspecified atom stereocenters. The van der Waals surface area contributed by atoms with E-state index in [1.165, 1.54) is 0 Å². The first-order valence-electron chi connectivity index (χ1n) is 12.2. The lowest BCUT2D eigenvalue weighted by molar-refractivity contribution is -0.137. The molecule has 0 saturated heterocycles. The smallest absolute Gasteiger partial charge is 0.416 e. The molecule has 1 aromatic heterocycles. The van der Waals surface area contributed by atoms with Gasteiger partial charge in [-0.2, -0.15) is 13.2 Å². The summed E-state index contributed by atoms with van der Waals surface area (Å²) in [5.74, 6) is 0.759. The highest BCUT2D eigenvalue weighted by Gasteiger charge is 2.31. The number of rotatable bonds is 10. The summed E-state index contributed by atoms with van der Waals surface area (Å²) in [5, 5.41) is 7.83. The SMILES string of the molecule is CN(C)CCCCNc1nc2ccc(Oc3ccc(NC(=O)Nc4cc(C(F)(F)F)ccc4F)cc3)cc2[nH]1. The van der Waals surface area contributed by atoms with Crippen molar-refractivity contribution in [3.63, 3.8) is 0 Å². The van der Waals surface area contributed by atoms with E-state index >= 15 is 0 Å². The molecule has 3 aromatic carbocycles. The monoisotopic (exact) mass is 544 g/mol. The van der Waals surface area contributed by atoms with E-state index in [-0.39, 0.29) is 0 Å². The molecule has 0 aliphatic heterocycles. The molecule has 0 atom stereocenters. The van der Waals surface area contributed by atoms with Crippen molar-refractivity contribution >= 4 is 34.4 Å². The van der Waals surface area contributed by atoms with Crippen molar-refractivity contribution in [3.05, 3.63) is 72.0 Å². The number of fused-ring (bicyclic) bond motifs is 1. The fraction of sp³-hybridized carbons (Fsp3) is 0.259. The summed E-state index contributed by atoms with van der Waals surface area (Å²) in [6.07, 6.45) is -2.55. The number of unbranched alkanes of at least 4 members (excludes halogenated alkanes) is 1. The third-order valence-electron chi connectivity index (χ3n) is 5.67. The van der Waals surface area contributed by atoms with Crippen LogP contribution in [0.1, 0.15) is 18.4 Å². The summed E-state index contributed by atoms with van der Waals surface area (Å²) >= 11 is 0. The first-order chi connectivity index (χ1) is 18.6. The van der Waals surface area contributed by atoms with Crippen LogP contribution in [-0.4, -0.2) is 48.1 Å². The van der Waals surface area contributed by atoms with Crippen molar-refractivity contribution in [1.82, 2.24) is 14.9 Å². The first-order valence-corrected chi connectivity index (χ1v) is 12.2. The zero-order valence-electron chi connectivity index (χ0n) is 21.3. The maximum atomic E-state index is 13.9. The van der Waals surface area contributed by atoms with Gasteiger partial charge >= 0.3 is 12.2 Å². The average Bonchev–Trinajstić information content (AvgIpc) is 3.27. The van der Waals surface area contributed by atoms with Gasteiger partial charge in [-0.3, -0.25) is 0 Å². The number of aromatic nitrogens is 2. The molecule has 1 heterocycles.